The van der Waals surface area contributed by atoms with Gasteiger partial charge in [0.15, 0.2) is 0 Å². The molecule has 1 aromatic rings. The Hall–Kier alpha value is -1.07. The Morgan fingerprint density at radius 2 is 1.94 bits per heavy atom. The summed E-state index contributed by atoms with van der Waals surface area (Å²) in [6, 6.07) is 5.55. The lowest BCUT2D eigenvalue weighted by molar-refractivity contribution is 0.230. The molecule has 0 aliphatic heterocycles. The lowest BCUT2D eigenvalue weighted by atomic mass is 10.1. The van der Waals surface area contributed by atoms with Crippen LogP contribution in [0, 0.1) is 6.92 Å². The standard InChI is InChI=1S/C11H16O4S/c1-8-5-6-11(14-3)10(7-8)9(2)15-16(4,12)13/h5-7,9H,1-4H3. The maximum Gasteiger partial charge on any atom is 0.264 e. The monoisotopic (exact) mass is 244 g/mol. The van der Waals surface area contributed by atoms with E-state index >= 15 is 0 Å². The van der Waals surface area contributed by atoms with Gasteiger partial charge in [-0.15, -0.1) is 0 Å². The van der Waals surface area contributed by atoms with Crippen LogP contribution < -0.4 is 4.74 Å². The molecule has 1 atom stereocenters. The fourth-order valence-electron chi connectivity index (χ4n) is 1.49. The highest BCUT2D eigenvalue weighted by Gasteiger charge is 2.16. The first-order valence-electron chi connectivity index (χ1n) is 4.86. The molecule has 0 N–H and O–H groups in total. The molecule has 0 spiro atoms. The van der Waals surface area contributed by atoms with Crippen molar-refractivity contribution in [1.82, 2.24) is 0 Å². The lowest BCUT2D eigenvalue weighted by Gasteiger charge is -2.15. The number of benzene rings is 1. The molecule has 0 saturated carbocycles. The minimum Gasteiger partial charge on any atom is -0.496 e. The molecule has 90 valence electrons. The molecular formula is C11H16O4S. The largest absolute Gasteiger partial charge is 0.496 e. The van der Waals surface area contributed by atoms with Crippen molar-refractivity contribution < 1.29 is 17.3 Å². The summed E-state index contributed by atoms with van der Waals surface area (Å²) in [5.74, 6) is 0.627. The Kier molecular flexibility index (Phi) is 3.93. The Morgan fingerprint density at radius 3 is 2.44 bits per heavy atom. The van der Waals surface area contributed by atoms with Gasteiger partial charge >= 0.3 is 0 Å². The Labute approximate surface area is 96.3 Å². The Morgan fingerprint density at radius 1 is 1.31 bits per heavy atom. The summed E-state index contributed by atoms with van der Waals surface area (Å²) < 4.78 is 32.1. The van der Waals surface area contributed by atoms with E-state index in [0.29, 0.717) is 5.75 Å². The summed E-state index contributed by atoms with van der Waals surface area (Å²) in [5.41, 5.74) is 1.76. The van der Waals surface area contributed by atoms with Crippen molar-refractivity contribution in [2.45, 2.75) is 20.0 Å². The van der Waals surface area contributed by atoms with Gasteiger partial charge < -0.3 is 4.74 Å². The predicted molar refractivity (Wildman–Crippen MR) is 62.1 cm³/mol. The Balaban J connectivity index is 3.06. The van der Waals surface area contributed by atoms with Crippen LogP contribution in [0.2, 0.25) is 0 Å². The van der Waals surface area contributed by atoms with E-state index in [2.05, 4.69) is 0 Å². The highest BCUT2D eigenvalue weighted by Crippen LogP contribution is 2.29. The van der Waals surface area contributed by atoms with Gasteiger partial charge in [-0.3, -0.25) is 4.18 Å². The molecule has 0 heterocycles. The molecule has 16 heavy (non-hydrogen) atoms. The van der Waals surface area contributed by atoms with Gasteiger partial charge in [0.25, 0.3) is 10.1 Å². The third-order valence-electron chi connectivity index (χ3n) is 2.14. The molecule has 0 aliphatic carbocycles. The molecule has 1 unspecified atom stereocenters. The highest BCUT2D eigenvalue weighted by molar-refractivity contribution is 7.86. The van der Waals surface area contributed by atoms with Crippen LogP contribution >= 0.6 is 0 Å². The molecule has 1 rings (SSSR count). The zero-order valence-corrected chi connectivity index (χ0v) is 10.7. The van der Waals surface area contributed by atoms with Crippen LogP contribution in [0.5, 0.6) is 5.75 Å². The van der Waals surface area contributed by atoms with Crippen LogP contribution in [0.4, 0.5) is 0 Å². The van der Waals surface area contributed by atoms with Crippen molar-refractivity contribution in [2.75, 3.05) is 13.4 Å². The average Bonchev–Trinajstić information content (AvgIpc) is 2.15. The smallest absolute Gasteiger partial charge is 0.264 e. The zero-order valence-electron chi connectivity index (χ0n) is 9.85. The molecule has 0 amide bonds. The number of rotatable bonds is 4. The highest BCUT2D eigenvalue weighted by atomic mass is 32.2. The zero-order chi connectivity index (χ0) is 12.3. The number of aryl methyl sites for hydroxylation is 1. The Bertz CT molecular complexity index is 465. The van der Waals surface area contributed by atoms with E-state index in [1.54, 1.807) is 20.1 Å². The van der Waals surface area contributed by atoms with Crippen LogP contribution in [0.25, 0.3) is 0 Å². The number of methoxy groups -OCH3 is 1. The molecule has 5 heteroatoms. The maximum absolute atomic E-state index is 11.0. The van der Waals surface area contributed by atoms with Gasteiger partial charge in [-0.05, 0) is 26.0 Å². The SMILES string of the molecule is COc1ccc(C)cc1C(C)OS(C)(=O)=O. The van der Waals surface area contributed by atoms with Crippen molar-refractivity contribution in [3.63, 3.8) is 0 Å². The fourth-order valence-corrected chi connectivity index (χ4v) is 2.11. The number of hydrogen-bond acceptors (Lipinski definition) is 4. The van der Waals surface area contributed by atoms with Crippen LogP contribution in [0.1, 0.15) is 24.2 Å². The van der Waals surface area contributed by atoms with E-state index < -0.39 is 16.2 Å². The normalized spacial score (nSPS) is 13.5. The summed E-state index contributed by atoms with van der Waals surface area (Å²) >= 11 is 0. The van der Waals surface area contributed by atoms with Crippen LogP contribution in [-0.4, -0.2) is 21.8 Å². The summed E-state index contributed by atoms with van der Waals surface area (Å²) in [6.07, 6.45) is 0.482. The van der Waals surface area contributed by atoms with E-state index in [-0.39, 0.29) is 0 Å². The van der Waals surface area contributed by atoms with Crippen LogP contribution in [-0.2, 0) is 14.3 Å². The molecular weight excluding hydrogens is 228 g/mol. The van der Waals surface area contributed by atoms with Gasteiger partial charge in [0.1, 0.15) is 11.9 Å². The van der Waals surface area contributed by atoms with Gasteiger partial charge in [-0.25, -0.2) is 0 Å². The summed E-state index contributed by atoms with van der Waals surface area (Å²) in [5, 5.41) is 0. The number of hydrogen-bond donors (Lipinski definition) is 0. The minimum absolute atomic E-state index is 0.551. The third-order valence-corrected chi connectivity index (χ3v) is 2.78. The number of ether oxygens (including phenoxy) is 1. The van der Waals surface area contributed by atoms with Crippen molar-refractivity contribution in [3.8, 4) is 5.75 Å². The van der Waals surface area contributed by atoms with Crippen molar-refractivity contribution >= 4 is 10.1 Å². The first kappa shape index (κ1) is 13.0. The van der Waals surface area contributed by atoms with Gasteiger partial charge in [-0.1, -0.05) is 11.6 Å². The lowest BCUT2D eigenvalue weighted by Crippen LogP contribution is -2.08. The molecule has 0 radical (unpaired) electrons. The van der Waals surface area contributed by atoms with Gasteiger partial charge in [-0.2, -0.15) is 8.42 Å². The van der Waals surface area contributed by atoms with E-state index in [9.17, 15) is 8.42 Å². The van der Waals surface area contributed by atoms with Gasteiger partial charge in [0, 0.05) is 5.56 Å². The fraction of sp³-hybridized carbons (Fsp3) is 0.455. The van der Waals surface area contributed by atoms with Gasteiger partial charge in [0.05, 0.1) is 13.4 Å². The van der Waals surface area contributed by atoms with Gasteiger partial charge in [0.2, 0.25) is 0 Å². The van der Waals surface area contributed by atoms with Crippen LogP contribution in [0.15, 0.2) is 18.2 Å². The molecule has 0 aromatic heterocycles. The predicted octanol–water partition coefficient (Wildman–Crippen LogP) is 2.04. The van der Waals surface area contributed by atoms with E-state index in [0.717, 1.165) is 17.4 Å². The second-order valence-electron chi connectivity index (χ2n) is 3.69. The quantitative estimate of drug-likeness (QED) is 0.760. The second kappa shape index (κ2) is 4.84. The maximum atomic E-state index is 11.0. The average molecular weight is 244 g/mol. The topological polar surface area (TPSA) is 52.6 Å². The molecule has 0 bridgehead atoms. The van der Waals surface area contributed by atoms with Crippen molar-refractivity contribution in [1.29, 1.82) is 0 Å². The van der Waals surface area contributed by atoms with Crippen LogP contribution in [0.3, 0.4) is 0 Å². The summed E-state index contributed by atoms with van der Waals surface area (Å²) in [6.45, 7) is 3.61. The summed E-state index contributed by atoms with van der Waals surface area (Å²) in [4.78, 5) is 0. The van der Waals surface area contributed by atoms with Crippen molar-refractivity contribution in [3.05, 3.63) is 29.3 Å². The molecule has 0 aliphatic rings. The molecule has 0 fully saturated rings. The van der Waals surface area contributed by atoms with E-state index in [4.69, 9.17) is 8.92 Å². The second-order valence-corrected chi connectivity index (χ2v) is 5.29. The third kappa shape index (κ3) is 3.50. The summed E-state index contributed by atoms with van der Waals surface area (Å²) in [7, 11) is -1.92. The first-order valence-corrected chi connectivity index (χ1v) is 6.68. The molecule has 1 aromatic carbocycles. The molecule has 0 saturated heterocycles. The van der Waals surface area contributed by atoms with E-state index in [1.807, 2.05) is 19.1 Å². The molecule has 4 nitrogen and oxygen atoms in total. The van der Waals surface area contributed by atoms with Crippen molar-refractivity contribution in [2.24, 2.45) is 0 Å². The van der Waals surface area contributed by atoms with E-state index in [1.165, 1.54) is 0 Å². The first-order chi connectivity index (χ1) is 7.33. The minimum atomic E-state index is -3.46.